The monoisotopic (exact) mass is 372 g/mol. The van der Waals surface area contributed by atoms with E-state index in [1.54, 1.807) is 13.2 Å². The van der Waals surface area contributed by atoms with Crippen molar-refractivity contribution in [1.29, 1.82) is 0 Å². The molecule has 1 aromatic rings. The van der Waals surface area contributed by atoms with Crippen LogP contribution in [0.25, 0.3) is 0 Å². The first-order valence-electron chi connectivity index (χ1n) is 8.25. The average Bonchev–Trinajstić information content (AvgIpc) is 3.35. The van der Waals surface area contributed by atoms with Crippen molar-refractivity contribution in [3.8, 4) is 0 Å². The molecule has 134 valence electrons. The molecule has 7 heteroatoms. The number of halogens is 2. The average molecular weight is 373 g/mol. The predicted molar refractivity (Wildman–Crippen MR) is 101 cm³/mol. The highest BCUT2D eigenvalue weighted by Crippen LogP contribution is 2.27. The first kappa shape index (κ1) is 19.3. The number of hydrogen-bond donors (Lipinski definition) is 2. The summed E-state index contributed by atoms with van der Waals surface area (Å²) < 4.78 is 5.16. The standard InChI is InChI=1S/C17H26Cl2N4O/c1-12(15-6-3-13(18)11-16(15)19)22-17(20)21-7-8-23(9-10-24-2)14-4-5-14/h3,6,11-12,14H,4-5,7-10H2,1-2H3,(H3,20,21,22). The Morgan fingerprint density at radius 3 is 2.79 bits per heavy atom. The summed E-state index contributed by atoms with van der Waals surface area (Å²) in [5.41, 5.74) is 6.94. The first-order valence-corrected chi connectivity index (χ1v) is 9.01. The lowest BCUT2D eigenvalue weighted by atomic mass is 10.1. The van der Waals surface area contributed by atoms with Crippen LogP contribution in [0.2, 0.25) is 10.0 Å². The number of guanidine groups is 1. The molecule has 0 spiro atoms. The Hall–Kier alpha value is -1.01. The van der Waals surface area contributed by atoms with E-state index in [1.807, 2.05) is 19.1 Å². The van der Waals surface area contributed by atoms with Crippen molar-refractivity contribution in [3.63, 3.8) is 0 Å². The van der Waals surface area contributed by atoms with E-state index in [2.05, 4.69) is 15.2 Å². The largest absolute Gasteiger partial charge is 0.383 e. The Balaban J connectivity index is 1.82. The Labute approximate surface area is 154 Å². The van der Waals surface area contributed by atoms with Gasteiger partial charge in [-0.1, -0.05) is 29.3 Å². The topological polar surface area (TPSA) is 62.9 Å². The first-order chi connectivity index (χ1) is 11.5. The molecule has 1 aliphatic carbocycles. The molecule has 1 saturated carbocycles. The zero-order valence-electron chi connectivity index (χ0n) is 14.3. The molecule has 0 heterocycles. The fourth-order valence-electron chi connectivity index (χ4n) is 2.62. The normalized spacial score (nSPS) is 16.5. The van der Waals surface area contributed by atoms with Crippen molar-refractivity contribution in [2.75, 3.05) is 33.4 Å². The lowest BCUT2D eigenvalue weighted by molar-refractivity contribution is 0.145. The van der Waals surface area contributed by atoms with E-state index in [0.717, 1.165) is 25.3 Å². The minimum atomic E-state index is -0.0356. The zero-order chi connectivity index (χ0) is 17.5. The summed E-state index contributed by atoms with van der Waals surface area (Å²) in [5, 5.41) is 4.41. The number of methoxy groups -OCH3 is 1. The molecule has 24 heavy (non-hydrogen) atoms. The lowest BCUT2D eigenvalue weighted by Crippen LogP contribution is -2.36. The van der Waals surface area contributed by atoms with E-state index in [9.17, 15) is 0 Å². The number of benzene rings is 1. The Morgan fingerprint density at radius 2 is 2.17 bits per heavy atom. The van der Waals surface area contributed by atoms with Crippen LogP contribution in [-0.4, -0.2) is 50.3 Å². The van der Waals surface area contributed by atoms with Gasteiger partial charge in [0.25, 0.3) is 0 Å². The molecule has 0 bridgehead atoms. The van der Waals surface area contributed by atoms with Crippen molar-refractivity contribution < 1.29 is 4.74 Å². The van der Waals surface area contributed by atoms with Gasteiger partial charge in [-0.25, -0.2) is 0 Å². The fraction of sp³-hybridized carbons (Fsp3) is 0.588. The maximum atomic E-state index is 6.22. The molecule has 0 aromatic heterocycles. The van der Waals surface area contributed by atoms with Gasteiger partial charge in [0.2, 0.25) is 0 Å². The van der Waals surface area contributed by atoms with Crippen molar-refractivity contribution >= 4 is 29.2 Å². The van der Waals surface area contributed by atoms with Gasteiger partial charge in [0.1, 0.15) is 0 Å². The third kappa shape index (κ3) is 6.13. The summed E-state index contributed by atoms with van der Waals surface area (Å²) in [6.45, 7) is 5.25. The SMILES string of the molecule is COCCN(CCN=C(N)NC(C)c1ccc(Cl)cc1Cl)C1CC1. The van der Waals surface area contributed by atoms with Gasteiger partial charge >= 0.3 is 0 Å². The molecule has 3 N–H and O–H groups in total. The number of nitrogens with one attached hydrogen (secondary N) is 1. The van der Waals surface area contributed by atoms with Gasteiger partial charge in [0.05, 0.1) is 19.2 Å². The van der Waals surface area contributed by atoms with Crippen LogP contribution >= 0.6 is 23.2 Å². The minimum Gasteiger partial charge on any atom is -0.383 e. The van der Waals surface area contributed by atoms with Crippen LogP contribution in [0.3, 0.4) is 0 Å². The van der Waals surface area contributed by atoms with Crippen LogP contribution in [0, 0.1) is 0 Å². The third-order valence-corrected chi connectivity index (χ3v) is 4.67. The second-order valence-electron chi connectivity index (χ2n) is 6.06. The highest BCUT2D eigenvalue weighted by atomic mass is 35.5. The Bertz CT molecular complexity index is 564. The van der Waals surface area contributed by atoms with Crippen LogP contribution in [0.1, 0.15) is 31.4 Å². The van der Waals surface area contributed by atoms with Crippen molar-refractivity contribution in [3.05, 3.63) is 33.8 Å². The second kappa shape index (κ2) is 9.47. The highest BCUT2D eigenvalue weighted by Gasteiger charge is 2.28. The number of ether oxygens (including phenoxy) is 1. The molecule has 1 fully saturated rings. The van der Waals surface area contributed by atoms with Gasteiger partial charge in [0, 0.05) is 36.3 Å². The third-order valence-electron chi connectivity index (χ3n) is 4.11. The summed E-state index contributed by atoms with van der Waals surface area (Å²) in [6.07, 6.45) is 2.54. The summed E-state index contributed by atoms with van der Waals surface area (Å²) in [7, 11) is 1.73. The van der Waals surface area contributed by atoms with E-state index in [0.29, 0.717) is 28.6 Å². The summed E-state index contributed by atoms with van der Waals surface area (Å²) in [6, 6.07) is 6.10. The molecule has 1 aromatic carbocycles. The second-order valence-corrected chi connectivity index (χ2v) is 6.90. The number of aliphatic imine (C=N–C) groups is 1. The molecule has 0 amide bonds. The Morgan fingerprint density at radius 1 is 1.42 bits per heavy atom. The van der Waals surface area contributed by atoms with Crippen LogP contribution < -0.4 is 11.1 Å². The van der Waals surface area contributed by atoms with Crippen LogP contribution in [0.15, 0.2) is 23.2 Å². The van der Waals surface area contributed by atoms with E-state index >= 15 is 0 Å². The maximum absolute atomic E-state index is 6.22. The van der Waals surface area contributed by atoms with Crippen LogP contribution in [0.4, 0.5) is 0 Å². The van der Waals surface area contributed by atoms with E-state index in [1.165, 1.54) is 12.8 Å². The molecule has 0 radical (unpaired) electrons. The number of nitrogens with zero attached hydrogens (tertiary/aromatic N) is 2. The van der Waals surface area contributed by atoms with Crippen molar-refractivity contribution in [2.24, 2.45) is 10.7 Å². The van der Waals surface area contributed by atoms with Crippen LogP contribution in [0.5, 0.6) is 0 Å². The minimum absolute atomic E-state index is 0.0356. The van der Waals surface area contributed by atoms with Crippen molar-refractivity contribution in [2.45, 2.75) is 31.8 Å². The zero-order valence-corrected chi connectivity index (χ0v) is 15.8. The summed E-state index contributed by atoms with van der Waals surface area (Å²) in [5.74, 6) is 0.427. The molecule has 5 nitrogen and oxygen atoms in total. The van der Waals surface area contributed by atoms with Gasteiger partial charge < -0.3 is 15.8 Å². The molecular weight excluding hydrogens is 347 g/mol. The quantitative estimate of drug-likeness (QED) is 0.516. The molecule has 0 saturated heterocycles. The van der Waals surface area contributed by atoms with Gasteiger partial charge in [0.15, 0.2) is 5.96 Å². The smallest absolute Gasteiger partial charge is 0.189 e. The molecule has 1 atom stereocenters. The predicted octanol–water partition coefficient (Wildman–Crippen LogP) is 3.07. The van der Waals surface area contributed by atoms with Crippen LogP contribution in [-0.2, 0) is 4.74 Å². The Kier molecular flexibility index (Phi) is 7.62. The van der Waals surface area contributed by atoms with Gasteiger partial charge in [-0.05, 0) is 37.5 Å². The molecule has 0 aliphatic heterocycles. The maximum Gasteiger partial charge on any atom is 0.189 e. The molecular formula is C17H26Cl2N4O. The van der Waals surface area contributed by atoms with Crippen molar-refractivity contribution in [1.82, 2.24) is 10.2 Å². The van der Waals surface area contributed by atoms with Gasteiger partial charge in [-0.2, -0.15) is 0 Å². The lowest BCUT2D eigenvalue weighted by Gasteiger charge is -2.21. The molecule has 2 rings (SSSR count). The highest BCUT2D eigenvalue weighted by molar-refractivity contribution is 6.35. The summed E-state index contributed by atoms with van der Waals surface area (Å²) in [4.78, 5) is 6.84. The van der Waals surface area contributed by atoms with E-state index < -0.39 is 0 Å². The van der Waals surface area contributed by atoms with Gasteiger partial charge in [-0.15, -0.1) is 0 Å². The fourth-order valence-corrected chi connectivity index (χ4v) is 3.19. The molecule has 1 unspecified atom stereocenters. The summed E-state index contributed by atoms with van der Waals surface area (Å²) >= 11 is 12.1. The number of rotatable bonds is 9. The van der Waals surface area contributed by atoms with Gasteiger partial charge in [-0.3, -0.25) is 9.89 Å². The van der Waals surface area contributed by atoms with E-state index in [-0.39, 0.29) is 6.04 Å². The molecule has 1 aliphatic rings. The van der Waals surface area contributed by atoms with E-state index in [4.69, 9.17) is 33.7 Å². The number of nitrogens with two attached hydrogens (primary N) is 1. The number of hydrogen-bond acceptors (Lipinski definition) is 3.